The third-order valence-electron chi connectivity index (χ3n) is 3.05. The van der Waals surface area contributed by atoms with E-state index in [1.165, 1.54) is 42.5 Å². The Morgan fingerprint density at radius 2 is 1.92 bits per heavy atom. The fraction of sp³-hybridized carbons (Fsp3) is 0.0588. The molecule has 0 aliphatic rings. The lowest BCUT2D eigenvalue weighted by Crippen LogP contribution is -2.20. The Hall–Kier alpha value is -3.26. The molecule has 0 bridgehead atoms. The number of halogens is 2. The van der Waals surface area contributed by atoms with Crippen molar-refractivity contribution in [1.82, 2.24) is 0 Å². The highest BCUT2D eigenvalue weighted by Crippen LogP contribution is 2.27. The average Bonchev–Trinajstić information content (AvgIpc) is 2.61. The van der Waals surface area contributed by atoms with Gasteiger partial charge in [0.2, 0.25) is 0 Å². The Morgan fingerprint density at radius 3 is 2.58 bits per heavy atom. The van der Waals surface area contributed by atoms with Crippen molar-refractivity contribution >= 4 is 40.9 Å². The van der Waals surface area contributed by atoms with E-state index in [0.717, 1.165) is 12.1 Å². The first-order valence-electron chi connectivity index (χ1n) is 7.19. The number of nitrogens with one attached hydrogen (secondary N) is 1. The molecule has 134 valence electrons. The minimum atomic E-state index is -0.772. The monoisotopic (exact) mass is 378 g/mol. The van der Waals surface area contributed by atoms with Crippen LogP contribution in [0.15, 0.2) is 48.5 Å². The number of nitro groups is 1. The third kappa shape index (κ3) is 5.67. The second-order valence-corrected chi connectivity index (χ2v) is 5.37. The number of carbonyl (C=O) groups excluding carboxylic acids is 2. The fourth-order valence-corrected chi connectivity index (χ4v) is 2.04. The summed E-state index contributed by atoms with van der Waals surface area (Å²) in [7, 11) is 0. The number of nitro benzene ring substituents is 1. The molecule has 2 aromatic rings. The van der Waals surface area contributed by atoms with Gasteiger partial charge in [0.25, 0.3) is 11.6 Å². The molecule has 0 saturated carbocycles. The normalized spacial score (nSPS) is 10.5. The maximum Gasteiger partial charge on any atom is 0.331 e. The number of amides is 1. The molecule has 0 saturated heterocycles. The van der Waals surface area contributed by atoms with Crippen molar-refractivity contribution in [3.05, 3.63) is 75.1 Å². The van der Waals surface area contributed by atoms with E-state index in [0.29, 0.717) is 5.56 Å². The number of benzene rings is 2. The van der Waals surface area contributed by atoms with Gasteiger partial charge in [-0.25, -0.2) is 9.18 Å². The summed E-state index contributed by atoms with van der Waals surface area (Å²) in [6, 6.07) is 9.17. The van der Waals surface area contributed by atoms with Crippen LogP contribution >= 0.6 is 11.6 Å². The minimum absolute atomic E-state index is 0.0645. The smallest absolute Gasteiger partial charge is 0.331 e. The zero-order valence-corrected chi connectivity index (χ0v) is 13.9. The van der Waals surface area contributed by atoms with Crippen molar-refractivity contribution in [2.24, 2.45) is 0 Å². The molecule has 0 aromatic heterocycles. The topological polar surface area (TPSA) is 98.5 Å². The fourth-order valence-electron chi connectivity index (χ4n) is 1.85. The second kappa shape index (κ2) is 8.72. The number of hydrogen-bond donors (Lipinski definition) is 1. The van der Waals surface area contributed by atoms with Gasteiger partial charge in [0.05, 0.1) is 4.92 Å². The summed E-state index contributed by atoms with van der Waals surface area (Å²) in [6.07, 6.45) is 2.50. The van der Waals surface area contributed by atoms with Crippen LogP contribution in [0.3, 0.4) is 0 Å². The van der Waals surface area contributed by atoms with Gasteiger partial charge >= 0.3 is 5.97 Å². The van der Waals surface area contributed by atoms with Crippen LogP contribution in [0.1, 0.15) is 5.56 Å². The van der Waals surface area contributed by atoms with E-state index >= 15 is 0 Å². The van der Waals surface area contributed by atoms with Crippen LogP contribution in [0.2, 0.25) is 5.02 Å². The van der Waals surface area contributed by atoms with E-state index in [1.54, 1.807) is 0 Å². The van der Waals surface area contributed by atoms with E-state index in [1.807, 2.05) is 0 Å². The van der Waals surface area contributed by atoms with E-state index in [-0.39, 0.29) is 16.4 Å². The highest BCUT2D eigenvalue weighted by Gasteiger charge is 2.14. The molecule has 1 amide bonds. The average molecular weight is 379 g/mol. The number of rotatable bonds is 6. The first kappa shape index (κ1) is 19.1. The van der Waals surface area contributed by atoms with Gasteiger partial charge in [0.1, 0.15) is 10.8 Å². The summed E-state index contributed by atoms with van der Waals surface area (Å²) < 4.78 is 17.5. The standard InChI is InChI=1S/C17H12ClFN2O5/c18-14-7-6-13(9-15(14)21(24)25)20-16(22)10-26-17(23)8-3-11-1-4-12(19)5-2-11/h1-9H,10H2,(H,20,22)/b8-3+. The number of nitrogens with zero attached hydrogens (tertiary/aromatic N) is 1. The SMILES string of the molecule is O=C(COC(=O)/C=C/c1ccc(F)cc1)Nc1ccc(Cl)c([N+](=O)[O-])c1. The Kier molecular flexibility index (Phi) is 6.40. The maximum atomic E-state index is 12.8. The predicted molar refractivity (Wildman–Crippen MR) is 93.1 cm³/mol. The van der Waals surface area contributed by atoms with Gasteiger partial charge in [-0.3, -0.25) is 14.9 Å². The molecule has 2 rings (SSSR count). The van der Waals surface area contributed by atoms with E-state index < -0.39 is 29.2 Å². The van der Waals surface area contributed by atoms with Crippen LogP contribution in [-0.4, -0.2) is 23.4 Å². The summed E-state index contributed by atoms with van der Waals surface area (Å²) in [5.74, 6) is -1.85. The van der Waals surface area contributed by atoms with Gasteiger partial charge in [-0.2, -0.15) is 0 Å². The van der Waals surface area contributed by atoms with Crippen LogP contribution in [0.4, 0.5) is 15.8 Å². The van der Waals surface area contributed by atoms with Crippen LogP contribution in [0, 0.1) is 15.9 Å². The largest absolute Gasteiger partial charge is 0.452 e. The molecular formula is C17H12ClFN2O5. The van der Waals surface area contributed by atoms with Crippen molar-refractivity contribution in [1.29, 1.82) is 0 Å². The van der Waals surface area contributed by atoms with Gasteiger partial charge in [-0.15, -0.1) is 0 Å². The molecule has 0 radical (unpaired) electrons. The zero-order chi connectivity index (χ0) is 19.1. The highest BCUT2D eigenvalue weighted by atomic mass is 35.5. The molecule has 0 spiro atoms. The molecule has 7 nitrogen and oxygen atoms in total. The summed E-state index contributed by atoms with van der Waals surface area (Å²) in [6.45, 7) is -0.580. The molecule has 0 atom stereocenters. The van der Waals surface area contributed by atoms with E-state index in [2.05, 4.69) is 5.32 Å². The van der Waals surface area contributed by atoms with Crippen LogP contribution in [-0.2, 0) is 14.3 Å². The molecule has 9 heteroatoms. The Balaban J connectivity index is 1.86. The Morgan fingerprint density at radius 1 is 1.23 bits per heavy atom. The molecule has 26 heavy (non-hydrogen) atoms. The quantitative estimate of drug-likeness (QED) is 0.358. The minimum Gasteiger partial charge on any atom is -0.452 e. The summed E-state index contributed by atoms with van der Waals surface area (Å²) in [5.41, 5.74) is 0.369. The number of ether oxygens (including phenoxy) is 1. The van der Waals surface area contributed by atoms with E-state index in [4.69, 9.17) is 16.3 Å². The Bertz CT molecular complexity index is 868. The van der Waals surface area contributed by atoms with E-state index in [9.17, 15) is 24.1 Å². The van der Waals surface area contributed by atoms with Gasteiger partial charge < -0.3 is 10.1 Å². The number of anilines is 1. The molecule has 0 unspecified atom stereocenters. The zero-order valence-electron chi connectivity index (χ0n) is 13.1. The first-order chi connectivity index (χ1) is 12.3. The van der Waals surface area contributed by atoms with Gasteiger partial charge in [-0.1, -0.05) is 23.7 Å². The number of hydrogen-bond acceptors (Lipinski definition) is 5. The van der Waals surface area contributed by atoms with Gasteiger partial charge in [0.15, 0.2) is 6.61 Å². The van der Waals surface area contributed by atoms with Crippen molar-refractivity contribution in [2.75, 3.05) is 11.9 Å². The van der Waals surface area contributed by atoms with Crippen LogP contribution < -0.4 is 5.32 Å². The van der Waals surface area contributed by atoms with Crippen molar-refractivity contribution in [3.8, 4) is 0 Å². The highest BCUT2D eigenvalue weighted by molar-refractivity contribution is 6.32. The molecule has 1 N–H and O–H groups in total. The predicted octanol–water partition coefficient (Wildman–Crippen LogP) is 3.58. The maximum absolute atomic E-state index is 12.8. The molecular weight excluding hydrogens is 367 g/mol. The van der Waals surface area contributed by atoms with Crippen molar-refractivity contribution in [3.63, 3.8) is 0 Å². The molecule has 0 fully saturated rings. The van der Waals surface area contributed by atoms with Crippen LogP contribution in [0.25, 0.3) is 6.08 Å². The summed E-state index contributed by atoms with van der Waals surface area (Å²) in [5, 5.41) is 13.1. The Labute approximate surface area is 152 Å². The third-order valence-corrected chi connectivity index (χ3v) is 3.37. The second-order valence-electron chi connectivity index (χ2n) is 4.96. The molecule has 0 aliphatic heterocycles. The van der Waals surface area contributed by atoms with Gasteiger partial charge in [0, 0.05) is 17.8 Å². The lowest BCUT2D eigenvalue weighted by Gasteiger charge is -2.06. The molecule has 2 aromatic carbocycles. The van der Waals surface area contributed by atoms with Crippen LogP contribution in [0.5, 0.6) is 0 Å². The lowest BCUT2D eigenvalue weighted by molar-refractivity contribution is -0.384. The first-order valence-corrected chi connectivity index (χ1v) is 7.57. The number of carbonyl (C=O) groups is 2. The lowest BCUT2D eigenvalue weighted by atomic mass is 10.2. The summed E-state index contributed by atoms with van der Waals surface area (Å²) >= 11 is 5.67. The number of esters is 1. The van der Waals surface area contributed by atoms with Crippen molar-refractivity contribution in [2.45, 2.75) is 0 Å². The summed E-state index contributed by atoms with van der Waals surface area (Å²) in [4.78, 5) is 33.4. The molecule has 0 heterocycles. The molecule has 0 aliphatic carbocycles. The van der Waals surface area contributed by atoms with Gasteiger partial charge in [-0.05, 0) is 35.9 Å². The van der Waals surface area contributed by atoms with Crippen molar-refractivity contribution < 1.29 is 23.6 Å².